The van der Waals surface area contributed by atoms with Crippen molar-refractivity contribution < 1.29 is 19.1 Å². The van der Waals surface area contributed by atoms with Crippen LogP contribution in [0.15, 0.2) is 54.6 Å². The molecule has 2 aromatic rings. The Bertz CT molecular complexity index is 776. The van der Waals surface area contributed by atoms with Crippen molar-refractivity contribution in [1.82, 2.24) is 16.0 Å². The van der Waals surface area contributed by atoms with Crippen molar-refractivity contribution in [2.45, 2.75) is 12.8 Å². The number of rotatable bonds is 10. The van der Waals surface area contributed by atoms with Gasteiger partial charge in [0, 0.05) is 37.2 Å². The second-order valence-corrected chi connectivity index (χ2v) is 6.06. The molecule has 0 aliphatic heterocycles. The lowest BCUT2D eigenvalue weighted by atomic mass is 10.2. The Kier molecular flexibility index (Phi) is 8.52. The smallest absolute Gasteiger partial charge is 0.251 e. The maximum atomic E-state index is 12.0. The fourth-order valence-electron chi connectivity index (χ4n) is 2.45. The van der Waals surface area contributed by atoms with Gasteiger partial charge in [-0.25, -0.2) is 0 Å². The van der Waals surface area contributed by atoms with Crippen LogP contribution in [0.4, 0.5) is 0 Å². The van der Waals surface area contributed by atoms with E-state index in [1.54, 1.807) is 55.6 Å². The second-order valence-electron chi connectivity index (χ2n) is 6.06. The number of nitrogens with one attached hydrogen (secondary N) is 3. The summed E-state index contributed by atoms with van der Waals surface area (Å²) in [5.74, 6) is 0.208. The third-order valence-corrected chi connectivity index (χ3v) is 3.99. The van der Waals surface area contributed by atoms with Crippen LogP contribution in [-0.2, 0) is 4.79 Å². The van der Waals surface area contributed by atoms with Gasteiger partial charge in [-0.2, -0.15) is 0 Å². The fourth-order valence-corrected chi connectivity index (χ4v) is 2.45. The molecule has 0 aliphatic carbocycles. The third kappa shape index (κ3) is 7.11. The van der Waals surface area contributed by atoms with Crippen molar-refractivity contribution in [3.8, 4) is 5.75 Å². The first-order chi connectivity index (χ1) is 13.6. The quantitative estimate of drug-likeness (QED) is 0.545. The van der Waals surface area contributed by atoms with Crippen LogP contribution in [0.3, 0.4) is 0 Å². The SMILES string of the molecule is COc1ccc(C(=O)NCCNC(=O)CCCNC(=O)c2ccccc2)cc1. The van der Waals surface area contributed by atoms with E-state index in [0.717, 1.165) is 0 Å². The average Bonchev–Trinajstić information content (AvgIpc) is 2.74. The molecule has 148 valence electrons. The van der Waals surface area contributed by atoms with Gasteiger partial charge in [0.25, 0.3) is 11.8 Å². The van der Waals surface area contributed by atoms with Crippen LogP contribution >= 0.6 is 0 Å². The maximum absolute atomic E-state index is 12.0. The lowest BCUT2D eigenvalue weighted by Crippen LogP contribution is -2.35. The van der Waals surface area contributed by atoms with E-state index in [4.69, 9.17) is 4.74 Å². The first kappa shape index (κ1) is 21.0. The average molecular weight is 383 g/mol. The van der Waals surface area contributed by atoms with Crippen LogP contribution in [0.1, 0.15) is 33.6 Å². The summed E-state index contributed by atoms with van der Waals surface area (Å²) in [5, 5.41) is 8.26. The molecule has 0 aromatic heterocycles. The highest BCUT2D eigenvalue weighted by atomic mass is 16.5. The molecule has 2 aromatic carbocycles. The van der Waals surface area contributed by atoms with Gasteiger partial charge in [-0.3, -0.25) is 14.4 Å². The number of hydrogen-bond acceptors (Lipinski definition) is 4. The Morgan fingerprint density at radius 1 is 0.750 bits per heavy atom. The maximum Gasteiger partial charge on any atom is 0.251 e. The number of hydrogen-bond donors (Lipinski definition) is 3. The van der Waals surface area contributed by atoms with E-state index < -0.39 is 0 Å². The van der Waals surface area contributed by atoms with Crippen LogP contribution in [0.5, 0.6) is 5.75 Å². The molecule has 0 radical (unpaired) electrons. The first-order valence-electron chi connectivity index (χ1n) is 9.12. The van der Waals surface area contributed by atoms with E-state index in [1.165, 1.54) is 0 Å². The molecule has 0 unspecified atom stereocenters. The highest BCUT2D eigenvalue weighted by molar-refractivity contribution is 5.94. The number of carbonyl (C=O) groups is 3. The van der Waals surface area contributed by atoms with Crippen molar-refractivity contribution in [2.75, 3.05) is 26.7 Å². The molecule has 0 atom stereocenters. The summed E-state index contributed by atoms with van der Waals surface area (Å²) in [5.41, 5.74) is 1.13. The largest absolute Gasteiger partial charge is 0.497 e. The van der Waals surface area contributed by atoms with E-state index in [-0.39, 0.29) is 17.7 Å². The summed E-state index contributed by atoms with van der Waals surface area (Å²) in [6.45, 7) is 1.10. The molecular weight excluding hydrogens is 358 g/mol. The Morgan fingerprint density at radius 3 is 1.96 bits per heavy atom. The molecule has 0 aliphatic rings. The van der Waals surface area contributed by atoms with Crippen LogP contribution in [0.2, 0.25) is 0 Å². The minimum Gasteiger partial charge on any atom is -0.497 e. The monoisotopic (exact) mass is 383 g/mol. The topological polar surface area (TPSA) is 96.5 Å². The Labute approximate surface area is 164 Å². The molecule has 0 fully saturated rings. The first-order valence-corrected chi connectivity index (χ1v) is 9.12. The molecule has 3 amide bonds. The Balaban J connectivity index is 1.55. The van der Waals surface area contributed by atoms with Crippen molar-refractivity contribution >= 4 is 17.7 Å². The second kappa shape index (κ2) is 11.4. The summed E-state index contributed by atoms with van der Waals surface area (Å²) < 4.78 is 5.05. The van der Waals surface area contributed by atoms with Crippen LogP contribution < -0.4 is 20.7 Å². The van der Waals surface area contributed by atoms with E-state index in [1.807, 2.05) is 6.07 Å². The number of benzene rings is 2. The summed E-state index contributed by atoms with van der Waals surface area (Å²) in [6.07, 6.45) is 0.851. The third-order valence-electron chi connectivity index (χ3n) is 3.99. The summed E-state index contributed by atoms with van der Waals surface area (Å²) >= 11 is 0. The molecule has 0 saturated heterocycles. The zero-order chi connectivity index (χ0) is 20.2. The fraction of sp³-hybridized carbons (Fsp3) is 0.286. The van der Waals surface area contributed by atoms with Gasteiger partial charge in [-0.05, 0) is 42.8 Å². The zero-order valence-electron chi connectivity index (χ0n) is 15.9. The highest BCUT2D eigenvalue weighted by Crippen LogP contribution is 2.10. The predicted molar refractivity (Wildman–Crippen MR) is 106 cm³/mol. The highest BCUT2D eigenvalue weighted by Gasteiger charge is 2.07. The molecule has 0 saturated carbocycles. The summed E-state index contributed by atoms with van der Waals surface area (Å²) in [7, 11) is 1.56. The van der Waals surface area contributed by atoms with Crippen molar-refractivity contribution in [3.05, 3.63) is 65.7 Å². The van der Waals surface area contributed by atoms with Gasteiger partial charge >= 0.3 is 0 Å². The van der Waals surface area contributed by atoms with Gasteiger partial charge in [-0.1, -0.05) is 18.2 Å². The van der Waals surface area contributed by atoms with E-state index in [0.29, 0.717) is 49.4 Å². The van der Waals surface area contributed by atoms with Crippen molar-refractivity contribution in [3.63, 3.8) is 0 Å². The lowest BCUT2D eigenvalue weighted by molar-refractivity contribution is -0.121. The minimum atomic E-state index is -0.208. The number of amides is 3. The van der Waals surface area contributed by atoms with E-state index in [9.17, 15) is 14.4 Å². The lowest BCUT2D eigenvalue weighted by Gasteiger charge is -2.08. The van der Waals surface area contributed by atoms with E-state index in [2.05, 4.69) is 16.0 Å². The van der Waals surface area contributed by atoms with Crippen LogP contribution in [0.25, 0.3) is 0 Å². The van der Waals surface area contributed by atoms with Gasteiger partial charge < -0.3 is 20.7 Å². The molecule has 0 heterocycles. The van der Waals surface area contributed by atoms with Crippen LogP contribution in [-0.4, -0.2) is 44.5 Å². The molecule has 28 heavy (non-hydrogen) atoms. The number of carbonyl (C=O) groups excluding carboxylic acids is 3. The van der Waals surface area contributed by atoms with Crippen molar-refractivity contribution in [1.29, 1.82) is 0 Å². The molecule has 7 heteroatoms. The Morgan fingerprint density at radius 2 is 1.32 bits per heavy atom. The number of ether oxygens (including phenoxy) is 1. The van der Waals surface area contributed by atoms with Gasteiger partial charge in [0.1, 0.15) is 5.75 Å². The van der Waals surface area contributed by atoms with Gasteiger partial charge in [0.2, 0.25) is 5.91 Å². The molecule has 3 N–H and O–H groups in total. The van der Waals surface area contributed by atoms with Gasteiger partial charge in [0.05, 0.1) is 7.11 Å². The standard InChI is InChI=1S/C21H25N3O4/c1-28-18-11-9-17(10-12-18)21(27)24-15-14-22-19(25)8-5-13-23-20(26)16-6-3-2-4-7-16/h2-4,6-7,9-12H,5,8,13-15H2,1H3,(H,22,25)(H,23,26)(H,24,27). The number of methoxy groups -OCH3 is 1. The van der Waals surface area contributed by atoms with E-state index >= 15 is 0 Å². The predicted octanol–water partition coefficient (Wildman–Crippen LogP) is 1.75. The molecule has 2 rings (SSSR count). The molecule has 0 bridgehead atoms. The molecule has 7 nitrogen and oxygen atoms in total. The van der Waals surface area contributed by atoms with Crippen LogP contribution in [0, 0.1) is 0 Å². The molecule has 0 spiro atoms. The van der Waals surface area contributed by atoms with Gasteiger partial charge in [0.15, 0.2) is 0 Å². The Hall–Kier alpha value is -3.35. The normalized spacial score (nSPS) is 10.0. The zero-order valence-corrected chi connectivity index (χ0v) is 15.9. The van der Waals surface area contributed by atoms with Gasteiger partial charge in [-0.15, -0.1) is 0 Å². The minimum absolute atomic E-state index is 0.118. The summed E-state index contributed by atoms with van der Waals surface area (Å²) in [6, 6.07) is 15.7. The molecular formula is C21H25N3O4. The summed E-state index contributed by atoms with van der Waals surface area (Å²) in [4.78, 5) is 35.6. The van der Waals surface area contributed by atoms with Crippen molar-refractivity contribution in [2.24, 2.45) is 0 Å².